The van der Waals surface area contributed by atoms with Crippen LogP contribution in [0.2, 0.25) is 0 Å². The van der Waals surface area contributed by atoms with Crippen molar-refractivity contribution in [2.75, 3.05) is 53.0 Å². The van der Waals surface area contributed by atoms with Crippen LogP contribution in [0.15, 0.2) is 82.7 Å². The Morgan fingerprint density at radius 2 is 1.85 bits per heavy atom. The van der Waals surface area contributed by atoms with Crippen molar-refractivity contribution in [3.8, 4) is 0 Å². The number of ether oxygens (including phenoxy) is 1. The highest BCUT2D eigenvalue weighted by atomic mass is 32.2. The summed E-state index contributed by atoms with van der Waals surface area (Å²) in [4.78, 5) is 7.12. The van der Waals surface area contributed by atoms with Gasteiger partial charge in [-0.2, -0.15) is 0 Å². The number of likely N-dealkylation sites (N-methyl/N-ethyl adjacent to an activating group) is 1. The van der Waals surface area contributed by atoms with E-state index in [1.165, 1.54) is 23.4 Å². The number of aromatic nitrogens is 1. The van der Waals surface area contributed by atoms with E-state index in [9.17, 15) is 4.39 Å². The summed E-state index contributed by atoms with van der Waals surface area (Å²) >= 11 is 1.81. The van der Waals surface area contributed by atoms with E-state index >= 15 is 0 Å². The Balaban J connectivity index is 0.000000336. The lowest BCUT2D eigenvalue weighted by Crippen LogP contribution is -2.52. The minimum atomic E-state index is -0.178. The summed E-state index contributed by atoms with van der Waals surface area (Å²) in [6.07, 6.45) is 6.57. The van der Waals surface area contributed by atoms with Gasteiger partial charge in [-0.05, 0) is 67.6 Å². The van der Waals surface area contributed by atoms with Gasteiger partial charge in [0.25, 0.3) is 0 Å². The summed E-state index contributed by atoms with van der Waals surface area (Å²) in [7, 11) is 2.04. The maximum Gasteiger partial charge on any atom is 0.123 e. The number of halogens is 1. The van der Waals surface area contributed by atoms with Gasteiger partial charge in [0.1, 0.15) is 10.8 Å². The highest BCUT2D eigenvalue weighted by Crippen LogP contribution is 2.47. The topological polar surface area (TPSA) is 40.6 Å². The molecule has 1 aromatic heterocycles. The summed E-state index contributed by atoms with van der Waals surface area (Å²) in [6, 6.07) is 14.1. The Kier molecular flexibility index (Phi) is 8.78. The Labute approximate surface area is 207 Å². The monoisotopic (exact) mass is 482 g/mol. The zero-order valence-corrected chi connectivity index (χ0v) is 21.0. The summed E-state index contributed by atoms with van der Waals surface area (Å²) in [5.74, 6) is -0.178. The van der Waals surface area contributed by atoms with E-state index in [-0.39, 0.29) is 11.2 Å². The van der Waals surface area contributed by atoms with Crippen LogP contribution >= 0.6 is 11.9 Å². The molecule has 7 heteroatoms. The van der Waals surface area contributed by atoms with Crippen molar-refractivity contribution < 1.29 is 9.13 Å². The number of hydrogen-bond acceptors (Lipinski definition) is 6. The van der Waals surface area contributed by atoms with Gasteiger partial charge in [0.2, 0.25) is 0 Å². The highest BCUT2D eigenvalue weighted by molar-refractivity contribution is 7.97. The van der Waals surface area contributed by atoms with Crippen LogP contribution in [-0.2, 0) is 4.74 Å². The number of benzene rings is 1. The first-order valence-electron chi connectivity index (χ1n) is 12.0. The van der Waals surface area contributed by atoms with Crippen LogP contribution in [0, 0.1) is 11.2 Å². The molecule has 2 fully saturated rings. The minimum Gasteiger partial charge on any atom is -0.388 e. The number of fused-ring (bicyclic) bond motifs is 1. The van der Waals surface area contributed by atoms with Crippen LogP contribution in [0.5, 0.6) is 0 Å². The molecule has 1 unspecified atom stereocenters. The predicted octanol–water partition coefficient (Wildman–Crippen LogP) is 4.76. The third-order valence-electron chi connectivity index (χ3n) is 6.67. The molecular formula is C27H35FN4OS. The second-order valence-electron chi connectivity index (χ2n) is 9.13. The fraction of sp³-hybridized carbons (Fsp3) is 0.444. The first kappa shape index (κ1) is 24.9. The summed E-state index contributed by atoms with van der Waals surface area (Å²) in [5, 5.41) is 4.49. The number of hydrogen-bond donors (Lipinski definition) is 1. The summed E-state index contributed by atoms with van der Waals surface area (Å²) < 4.78 is 20.0. The van der Waals surface area contributed by atoms with Crippen molar-refractivity contribution in [2.45, 2.75) is 24.8 Å². The lowest BCUT2D eigenvalue weighted by Gasteiger charge is -2.49. The number of piperidine rings is 1. The number of nitrogens with one attached hydrogen (secondary N) is 1. The van der Waals surface area contributed by atoms with Crippen molar-refractivity contribution in [1.29, 1.82) is 0 Å². The Hall–Kier alpha value is -2.19. The van der Waals surface area contributed by atoms with Crippen LogP contribution < -0.4 is 5.32 Å². The van der Waals surface area contributed by atoms with Crippen LogP contribution in [0.3, 0.4) is 0 Å². The Morgan fingerprint density at radius 1 is 1.09 bits per heavy atom. The SMILES string of the molecule is CNC1=C(C)CC2(CN3CCOCC3)CN(Sc3ccccn3)CCC2=C1.Fc1ccccc1. The third-order valence-corrected chi connectivity index (χ3v) is 7.66. The number of nitrogens with zero attached hydrogens (tertiary/aromatic N) is 3. The highest BCUT2D eigenvalue weighted by Gasteiger charge is 2.43. The third kappa shape index (κ3) is 6.48. The van der Waals surface area contributed by atoms with E-state index in [1.807, 2.05) is 31.3 Å². The minimum absolute atomic E-state index is 0.178. The second kappa shape index (κ2) is 12.0. The average molecular weight is 483 g/mol. The molecule has 1 aliphatic carbocycles. The molecule has 0 saturated carbocycles. The van der Waals surface area contributed by atoms with Crippen molar-refractivity contribution in [3.63, 3.8) is 0 Å². The van der Waals surface area contributed by atoms with E-state index in [0.29, 0.717) is 0 Å². The van der Waals surface area contributed by atoms with Crippen LogP contribution in [0.1, 0.15) is 19.8 Å². The smallest absolute Gasteiger partial charge is 0.123 e. The molecule has 0 radical (unpaired) electrons. The largest absolute Gasteiger partial charge is 0.388 e. The first-order valence-corrected chi connectivity index (χ1v) is 12.8. The predicted molar refractivity (Wildman–Crippen MR) is 137 cm³/mol. The molecule has 2 aliphatic heterocycles. The molecular weight excluding hydrogens is 447 g/mol. The maximum atomic E-state index is 11.9. The van der Waals surface area contributed by atoms with Crippen LogP contribution in [-0.4, -0.2) is 67.2 Å². The molecule has 3 heterocycles. The van der Waals surface area contributed by atoms with E-state index in [4.69, 9.17) is 4.74 Å². The van der Waals surface area contributed by atoms with Crippen LogP contribution in [0.4, 0.5) is 4.39 Å². The first-order chi connectivity index (χ1) is 16.6. The van der Waals surface area contributed by atoms with Gasteiger partial charge in [0.05, 0.1) is 13.2 Å². The van der Waals surface area contributed by atoms with Gasteiger partial charge in [-0.1, -0.05) is 29.8 Å². The summed E-state index contributed by atoms with van der Waals surface area (Å²) in [6.45, 7) is 9.37. The van der Waals surface area contributed by atoms with Gasteiger partial charge in [0.15, 0.2) is 0 Å². The molecule has 2 saturated heterocycles. The van der Waals surface area contributed by atoms with Crippen molar-refractivity contribution in [1.82, 2.24) is 19.5 Å². The fourth-order valence-corrected chi connectivity index (χ4v) is 6.04. The molecule has 1 atom stereocenters. The lowest BCUT2D eigenvalue weighted by atomic mass is 9.68. The Bertz CT molecular complexity index is 979. The van der Waals surface area contributed by atoms with Gasteiger partial charge < -0.3 is 10.1 Å². The molecule has 1 aromatic carbocycles. The normalized spacial score (nSPS) is 23.4. The van der Waals surface area contributed by atoms with E-state index in [0.717, 1.165) is 63.8 Å². The molecule has 0 spiro atoms. The van der Waals surface area contributed by atoms with Gasteiger partial charge >= 0.3 is 0 Å². The van der Waals surface area contributed by atoms with Crippen LogP contribution in [0.25, 0.3) is 0 Å². The second-order valence-corrected chi connectivity index (χ2v) is 10.2. The quantitative estimate of drug-likeness (QED) is 0.620. The van der Waals surface area contributed by atoms with Gasteiger partial charge in [-0.25, -0.2) is 13.7 Å². The van der Waals surface area contributed by atoms with Gasteiger partial charge in [0, 0.05) is 57.1 Å². The molecule has 5 rings (SSSR count). The molecule has 1 N–H and O–H groups in total. The average Bonchev–Trinajstić information content (AvgIpc) is 2.85. The standard InChI is InChI=1S/C21H30N4OS.C6H5F/c1-17-14-21(15-24-9-11-26-12-10-24)16-25(27-20-5-3-4-7-23-20)8-6-18(21)13-19(17)22-2;7-6-4-2-1-3-5-6/h3-5,7,13,22H,6,8-12,14-16H2,1-2H3;1-5H. The molecule has 5 nitrogen and oxygen atoms in total. The number of pyridine rings is 1. The van der Waals surface area contributed by atoms with E-state index in [1.54, 1.807) is 23.8 Å². The molecule has 3 aliphatic rings. The van der Waals surface area contributed by atoms with Gasteiger partial charge in [-0.3, -0.25) is 4.90 Å². The maximum absolute atomic E-state index is 11.9. The van der Waals surface area contributed by atoms with Crippen molar-refractivity contribution in [3.05, 3.63) is 83.5 Å². The van der Waals surface area contributed by atoms with E-state index < -0.39 is 0 Å². The fourth-order valence-electron chi connectivity index (χ4n) is 5.03. The van der Waals surface area contributed by atoms with Gasteiger partial charge in [-0.15, -0.1) is 0 Å². The molecule has 0 bridgehead atoms. The van der Waals surface area contributed by atoms with Crippen molar-refractivity contribution >= 4 is 11.9 Å². The molecule has 34 heavy (non-hydrogen) atoms. The molecule has 0 amide bonds. The van der Waals surface area contributed by atoms with Crippen molar-refractivity contribution in [2.24, 2.45) is 5.41 Å². The molecule has 182 valence electrons. The zero-order valence-electron chi connectivity index (χ0n) is 20.2. The number of allylic oxidation sites excluding steroid dienone is 2. The lowest BCUT2D eigenvalue weighted by molar-refractivity contribution is 0.0155. The number of rotatable bonds is 5. The summed E-state index contributed by atoms with van der Waals surface area (Å²) in [5.41, 5.74) is 4.59. The Morgan fingerprint density at radius 3 is 2.50 bits per heavy atom. The molecule has 2 aromatic rings. The zero-order chi connectivity index (χ0) is 23.8. The van der Waals surface area contributed by atoms with E-state index in [2.05, 4.69) is 44.6 Å². The number of morpholine rings is 1.